The van der Waals surface area contributed by atoms with Crippen molar-refractivity contribution in [3.8, 4) is 0 Å². The Morgan fingerprint density at radius 1 is 1.29 bits per heavy atom. The third kappa shape index (κ3) is 4.85. The summed E-state index contributed by atoms with van der Waals surface area (Å²) in [7, 11) is 0. The molecule has 1 fully saturated rings. The molecule has 0 spiro atoms. The van der Waals surface area contributed by atoms with E-state index in [-0.39, 0.29) is 17.4 Å². The third-order valence-corrected chi connectivity index (χ3v) is 3.88. The van der Waals surface area contributed by atoms with Gasteiger partial charge in [-0.15, -0.1) is 0 Å². The topological polar surface area (TPSA) is 29.5 Å². The summed E-state index contributed by atoms with van der Waals surface area (Å²) in [5.41, 5.74) is 1.07. The molecule has 0 N–H and O–H groups in total. The molecule has 1 aliphatic rings. The molecule has 0 aliphatic carbocycles. The average molecular weight is 289 g/mol. The summed E-state index contributed by atoms with van der Waals surface area (Å²) >= 11 is 0. The van der Waals surface area contributed by atoms with Crippen molar-refractivity contribution < 1.29 is 9.53 Å². The van der Waals surface area contributed by atoms with Gasteiger partial charge < -0.3 is 9.64 Å². The molecule has 1 aromatic carbocycles. The lowest BCUT2D eigenvalue weighted by Gasteiger charge is -2.25. The predicted molar refractivity (Wildman–Crippen MR) is 85.2 cm³/mol. The molecule has 1 amide bonds. The zero-order chi connectivity index (χ0) is 15.3. The van der Waals surface area contributed by atoms with Crippen LogP contribution in [0.5, 0.6) is 0 Å². The zero-order valence-corrected chi connectivity index (χ0v) is 13.5. The minimum atomic E-state index is -0.289. The Balaban J connectivity index is 1.66. The van der Waals surface area contributed by atoms with Crippen molar-refractivity contribution in [1.82, 2.24) is 4.90 Å². The second-order valence-corrected chi connectivity index (χ2v) is 6.87. The van der Waals surface area contributed by atoms with E-state index < -0.39 is 0 Å². The molecule has 2 rings (SSSR count). The standard InChI is InChI=1S/C18H27NO2/c1-18(2,3)17(20)19-12-11-16(14-19)21-13-7-10-15-8-5-4-6-9-15/h4-6,8-9,16H,7,10-14H2,1-3H3/t16-/m0/s1. The van der Waals surface area contributed by atoms with Crippen LogP contribution < -0.4 is 0 Å². The molecule has 116 valence electrons. The number of likely N-dealkylation sites (tertiary alicyclic amines) is 1. The number of aryl methyl sites for hydroxylation is 1. The molecule has 0 radical (unpaired) electrons. The first-order chi connectivity index (χ1) is 9.97. The van der Waals surface area contributed by atoms with Gasteiger partial charge in [0.05, 0.1) is 6.10 Å². The smallest absolute Gasteiger partial charge is 0.228 e. The van der Waals surface area contributed by atoms with E-state index in [1.807, 2.05) is 31.7 Å². The van der Waals surface area contributed by atoms with Crippen molar-refractivity contribution in [3.63, 3.8) is 0 Å². The number of hydrogen-bond acceptors (Lipinski definition) is 2. The van der Waals surface area contributed by atoms with Gasteiger partial charge in [0, 0.05) is 25.1 Å². The van der Waals surface area contributed by atoms with Crippen LogP contribution in [0.4, 0.5) is 0 Å². The summed E-state index contributed by atoms with van der Waals surface area (Å²) in [5, 5.41) is 0. The van der Waals surface area contributed by atoms with Gasteiger partial charge in [-0.05, 0) is 24.8 Å². The highest BCUT2D eigenvalue weighted by molar-refractivity contribution is 5.81. The number of hydrogen-bond donors (Lipinski definition) is 0. The highest BCUT2D eigenvalue weighted by atomic mass is 16.5. The molecule has 1 atom stereocenters. The lowest BCUT2D eigenvalue weighted by Crippen LogP contribution is -2.38. The Morgan fingerprint density at radius 2 is 2.00 bits per heavy atom. The van der Waals surface area contributed by atoms with Gasteiger partial charge in [0.1, 0.15) is 0 Å². The maximum absolute atomic E-state index is 12.2. The van der Waals surface area contributed by atoms with Crippen LogP contribution in [0.15, 0.2) is 30.3 Å². The first-order valence-corrected chi connectivity index (χ1v) is 7.92. The van der Waals surface area contributed by atoms with Crippen molar-refractivity contribution in [1.29, 1.82) is 0 Å². The average Bonchev–Trinajstić information content (AvgIpc) is 2.91. The Bertz CT molecular complexity index is 450. The van der Waals surface area contributed by atoms with Crippen molar-refractivity contribution >= 4 is 5.91 Å². The van der Waals surface area contributed by atoms with Crippen LogP contribution in [0.1, 0.15) is 39.2 Å². The molecule has 0 bridgehead atoms. The maximum Gasteiger partial charge on any atom is 0.228 e. The lowest BCUT2D eigenvalue weighted by molar-refractivity contribution is -0.138. The number of carbonyl (C=O) groups is 1. The van der Waals surface area contributed by atoms with E-state index in [0.29, 0.717) is 0 Å². The normalized spacial score (nSPS) is 19.0. The molecule has 3 heteroatoms. The number of benzene rings is 1. The molecule has 1 heterocycles. The molecule has 21 heavy (non-hydrogen) atoms. The summed E-state index contributed by atoms with van der Waals surface area (Å²) in [4.78, 5) is 14.1. The SMILES string of the molecule is CC(C)(C)C(=O)N1CC[C@H](OCCCc2ccccc2)C1. The Kier molecular flexibility index (Phi) is 5.40. The van der Waals surface area contributed by atoms with Crippen LogP contribution in [0.3, 0.4) is 0 Å². The second kappa shape index (κ2) is 7.08. The quantitative estimate of drug-likeness (QED) is 0.779. The summed E-state index contributed by atoms with van der Waals surface area (Å²) in [6, 6.07) is 10.5. The van der Waals surface area contributed by atoms with Crippen LogP contribution in [0, 0.1) is 5.41 Å². The number of amides is 1. The van der Waals surface area contributed by atoms with Crippen molar-refractivity contribution in [3.05, 3.63) is 35.9 Å². The summed E-state index contributed by atoms with van der Waals surface area (Å²) in [6.45, 7) is 8.29. The van der Waals surface area contributed by atoms with Gasteiger partial charge in [-0.1, -0.05) is 51.1 Å². The van der Waals surface area contributed by atoms with E-state index in [4.69, 9.17) is 4.74 Å². The second-order valence-electron chi connectivity index (χ2n) is 6.87. The van der Waals surface area contributed by atoms with Crippen LogP contribution >= 0.6 is 0 Å². The van der Waals surface area contributed by atoms with Crippen molar-refractivity contribution in [2.24, 2.45) is 5.41 Å². The highest BCUT2D eigenvalue weighted by Gasteiger charge is 2.32. The van der Waals surface area contributed by atoms with Gasteiger partial charge in [0.25, 0.3) is 0 Å². The van der Waals surface area contributed by atoms with Crippen LogP contribution in [-0.4, -0.2) is 36.6 Å². The first kappa shape index (κ1) is 16.0. The fourth-order valence-corrected chi connectivity index (χ4v) is 2.69. The molecular formula is C18H27NO2. The number of nitrogens with zero attached hydrogens (tertiary/aromatic N) is 1. The fourth-order valence-electron chi connectivity index (χ4n) is 2.69. The molecule has 3 nitrogen and oxygen atoms in total. The van der Waals surface area contributed by atoms with E-state index in [1.54, 1.807) is 0 Å². The van der Waals surface area contributed by atoms with Gasteiger partial charge in [-0.3, -0.25) is 4.79 Å². The minimum absolute atomic E-state index is 0.215. The monoisotopic (exact) mass is 289 g/mol. The molecule has 1 aliphatic heterocycles. The highest BCUT2D eigenvalue weighted by Crippen LogP contribution is 2.22. The Labute approximate surface area is 128 Å². The lowest BCUT2D eigenvalue weighted by atomic mass is 9.95. The van der Waals surface area contributed by atoms with E-state index in [1.165, 1.54) is 5.56 Å². The van der Waals surface area contributed by atoms with E-state index in [0.717, 1.165) is 39.0 Å². The van der Waals surface area contributed by atoms with Gasteiger partial charge in [-0.25, -0.2) is 0 Å². The van der Waals surface area contributed by atoms with E-state index in [2.05, 4.69) is 24.3 Å². The van der Waals surface area contributed by atoms with Gasteiger partial charge in [-0.2, -0.15) is 0 Å². The van der Waals surface area contributed by atoms with Gasteiger partial charge >= 0.3 is 0 Å². The van der Waals surface area contributed by atoms with Crippen LogP contribution in [0.25, 0.3) is 0 Å². The van der Waals surface area contributed by atoms with Crippen molar-refractivity contribution in [2.75, 3.05) is 19.7 Å². The number of ether oxygens (including phenoxy) is 1. The first-order valence-electron chi connectivity index (χ1n) is 7.92. The zero-order valence-electron chi connectivity index (χ0n) is 13.5. The molecule has 1 saturated heterocycles. The Hall–Kier alpha value is -1.35. The molecular weight excluding hydrogens is 262 g/mol. The fraction of sp³-hybridized carbons (Fsp3) is 0.611. The van der Waals surface area contributed by atoms with Crippen LogP contribution in [0.2, 0.25) is 0 Å². The summed E-state index contributed by atoms with van der Waals surface area (Å²) in [6.07, 6.45) is 3.27. The minimum Gasteiger partial charge on any atom is -0.376 e. The molecule has 0 saturated carbocycles. The number of carbonyl (C=O) groups excluding carboxylic acids is 1. The van der Waals surface area contributed by atoms with E-state index >= 15 is 0 Å². The molecule has 0 unspecified atom stereocenters. The third-order valence-electron chi connectivity index (χ3n) is 3.88. The molecule has 1 aromatic rings. The summed E-state index contributed by atoms with van der Waals surface area (Å²) in [5.74, 6) is 0.234. The predicted octanol–water partition coefficient (Wildman–Crippen LogP) is 3.28. The van der Waals surface area contributed by atoms with Crippen LogP contribution in [-0.2, 0) is 16.0 Å². The van der Waals surface area contributed by atoms with E-state index in [9.17, 15) is 4.79 Å². The number of rotatable bonds is 5. The summed E-state index contributed by atoms with van der Waals surface area (Å²) < 4.78 is 5.92. The molecule has 0 aromatic heterocycles. The van der Waals surface area contributed by atoms with Gasteiger partial charge in [0.15, 0.2) is 0 Å². The Morgan fingerprint density at radius 3 is 2.67 bits per heavy atom. The largest absolute Gasteiger partial charge is 0.376 e. The van der Waals surface area contributed by atoms with Crippen molar-refractivity contribution in [2.45, 2.75) is 46.1 Å². The maximum atomic E-state index is 12.2. The van der Waals surface area contributed by atoms with Gasteiger partial charge in [0.2, 0.25) is 5.91 Å².